The molecule has 138 valence electrons. The van der Waals surface area contributed by atoms with Crippen molar-refractivity contribution in [2.75, 3.05) is 20.7 Å². The molecule has 2 rings (SSSR count). The highest BCUT2D eigenvalue weighted by atomic mass is 127. The molecule has 0 fully saturated rings. The third-order valence-electron chi connectivity index (χ3n) is 5.52. The molecule has 3 heteroatoms. The van der Waals surface area contributed by atoms with E-state index in [1.54, 1.807) is 0 Å². The number of quaternary nitrogens is 1. The fraction of sp³-hybridized carbons (Fsp3) is 0.455. The van der Waals surface area contributed by atoms with Crippen molar-refractivity contribution in [3.63, 3.8) is 0 Å². The van der Waals surface area contributed by atoms with E-state index in [0.29, 0.717) is 6.04 Å². The quantitative estimate of drug-likeness (QED) is 0.480. The normalized spacial score (nSPS) is 13.0. The first kappa shape index (κ1) is 22.0. The molecule has 2 nitrogen and oxygen atoms in total. The summed E-state index contributed by atoms with van der Waals surface area (Å²) in [6.45, 7) is 9.84. The topological polar surface area (TPSA) is 9.23 Å². The summed E-state index contributed by atoms with van der Waals surface area (Å²) in [6, 6.07) is 19.4. The Morgan fingerprint density at radius 3 is 2.08 bits per heavy atom. The highest BCUT2D eigenvalue weighted by Crippen LogP contribution is 2.26. The first-order valence-electron chi connectivity index (χ1n) is 8.80. The highest BCUT2D eigenvalue weighted by molar-refractivity contribution is 5.37. The molecule has 0 aliphatic heterocycles. The molecule has 0 bridgehead atoms. The third kappa shape index (κ3) is 5.71. The molecule has 0 aromatic heterocycles. The summed E-state index contributed by atoms with van der Waals surface area (Å²) >= 11 is 0. The zero-order chi connectivity index (χ0) is 17.8. The van der Waals surface area contributed by atoms with Gasteiger partial charge in [-0.1, -0.05) is 48.5 Å². The second-order valence-electron chi connectivity index (χ2n) is 8.14. The Kier molecular flexibility index (Phi) is 7.94. The summed E-state index contributed by atoms with van der Waals surface area (Å²) in [5.41, 5.74) is 2.75. The molecule has 0 spiro atoms. The second-order valence-corrected chi connectivity index (χ2v) is 8.14. The minimum absolute atomic E-state index is 0. The van der Waals surface area contributed by atoms with Crippen LogP contribution in [0.1, 0.15) is 38.8 Å². The first-order valence-corrected chi connectivity index (χ1v) is 8.80. The van der Waals surface area contributed by atoms with Gasteiger partial charge < -0.3 is 33.2 Å². The minimum atomic E-state index is 0. The molecule has 1 atom stereocenters. The lowest BCUT2D eigenvalue weighted by molar-refractivity contribution is -0.956. The van der Waals surface area contributed by atoms with Crippen molar-refractivity contribution in [1.29, 1.82) is 0 Å². The van der Waals surface area contributed by atoms with Crippen LogP contribution in [0, 0.1) is 0 Å². The van der Waals surface area contributed by atoms with Crippen LogP contribution in [0.5, 0.6) is 5.75 Å². The van der Waals surface area contributed by atoms with Crippen LogP contribution in [-0.2, 0) is 6.42 Å². The molecule has 0 aliphatic rings. The molecular weight excluding hydrogens is 421 g/mol. The summed E-state index contributed by atoms with van der Waals surface area (Å²) in [5, 5.41) is 0. The lowest BCUT2D eigenvalue weighted by Gasteiger charge is -2.46. The van der Waals surface area contributed by atoms with Crippen LogP contribution in [0.15, 0.2) is 54.6 Å². The standard InChI is InChI=1S/C22H32NO.HI/c1-18(23(5,6)22(2,3)4)17-24-21-15-11-10-14-20(21)16-19-12-8-7-9-13-19;/h7-15,18H,16-17H2,1-6H3;1H/q+1;/p-1. The van der Waals surface area contributed by atoms with Crippen molar-refractivity contribution < 1.29 is 33.2 Å². The molecule has 2 aromatic carbocycles. The van der Waals surface area contributed by atoms with Crippen LogP contribution in [0.2, 0.25) is 0 Å². The van der Waals surface area contributed by atoms with E-state index in [1.807, 2.05) is 0 Å². The average Bonchev–Trinajstić information content (AvgIpc) is 2.53. The van der Waals surface area contributed by atoms with Crippen molar-refractivity contribution >= 4 is 0 Å². The SMILES string of the molecule is CC(COc1ccccc1Cc1ccccc1)[N+](C)(C)C(C)(C)C.[I-]. The zero-order valence-corrected chi connectivity index (χ0v) is 18.6. The fourth-order valence-electron chi connectivity index (χ4n) is 2.66. The van der Waals surface area contributed by atoms with Gasteiger partial charge in [0.25, 0.3) is 0 Å². The molecule has 0 N–H and O–H groups in total. The number of nitrogens with zero attached hydrogens (tertiary/aromatic N) is 1. The Bertz CT molecular complexity index is 647. The van der Waals surface area contributed by atoms with Crippen molar-refractivity contribution in [3.05, 3.63) is 65.7 Å². The van der Waals surface area contributed by atoms with Crippen LogP contribution in [-0.4, -0.2) is 36.8 Å². The van der Waals surface area contributed by atoms with Crippen LogP contribution in [0.4, 0.5) is 0 Å². The number of hydrogen-bond acceptors (Lipinski definition) is 1. The molecule has 0 saturated carbocycles. The van der Waals surface area contributed by atoms with E-state index in [4.69, 9.17) is 4.74 Å². The Labute approximate surface area is 170 Å². The smallest absolute Gasteiger partial charge is 0.140 e. The van der Waals surface area contributed by atoms with Gasteiger partial charge in [-0.2, -0.15) is 0 Å². The Morgan fingerprint density at radius 1 is 0.920 bits per heavy atom. The van der Waals surface area contributed by atoms with E-state index in [-0.39, 0.29) is 29.5 Å². The number of ether oxygens (including phenoxy) is 1. The van der Waals surface area contributed by atoms with E-state index < -0.39 is 0 Å². The average molecular weight is 453 g/mol. The highest BCUT2D eigenvalue weighted by Gasteiger charge is 2.37. The van der Waals surface area contributed by atoms with Gasteiger partial charge in [0.2, 0.25) is 0 Å². The van der Waals surface area contributed by atoms with Gasteiger partial charge in [0, 0.05) is 6.42 Å². The van der Waals surface area contributed by atoms with Crippen molar-refractivity contribution in [2.24, 2.45) is 0 Å². The molecule has 25 heavy (non-hydrogen) atoms. The predicted octanol–water partition coefficient (Wildman–Crippen LogP) is 1.92. The number of likely N-dealkylation sites (N-methyl/N-ethyl adjacent to an activating group) is 1. The van der Waals surface area contributed by atoms with Crippen LogP contribution >= 0.6 is 0 Å². The maximum Gasteiger partial charge on any atom is 0.140 e. The number of hydrogen-bond donors (Lipinski definition) is 0. The maximum atomic E-state index is 6.24. The molecule has 1 unspecified atom stereocenters. The van der Waals surface area contributed by atoms with E-state index >= 15 is 0 Å². The van der Waals surface area contributed by atoms with Gasteiger partial charge in [0.15, 0.2) is 0 Å². The second kappa shape index (κ2) is 9.04. The largest absolute Gasteiger partial charge is 1.00 e. The van der Waals surface area contributed by atoms with Crippen molar-refractivity contribution in [2.45, 2.75) is 45.7 Å². The molecule has 0 heterocycles. The van der Waals surface area contributed by atoms with Gasteiger partial charge in [0.1, 0.15) is 18.4 Å². The third-order valence-corrected chi connectivity index (χ3v) is 5.52. The maximum absolute atomic E-state index is 6.24. The van der Waals surface area contributed by atoms with Crippen LogP contribution in [0.3, 0.4) is 0 Å². The monoisotopic (exact) mass is 453 g/mol. The molecule has 2 aromatic rings. The Hall–Kier alpha value is -1.07. The van der Waals surface area contributed by atoms with Gasteiger partial charge in [0.05, 0.1) is 19.6 Å². The van der Waals surface area contributed by atoms with E-state index in [0.717, 1.165) is 23.3 Å². The molecule has 0 saturated heterocycles. The Morgan fingerprint density at radius 2 is 1.48 bits per heavy atom. The first-order chi connectivity index (χ1) is 11.2. The van der Waals surface area contributed by atoms with Crippen LogP contribution in [0.25, 0.3) is 0 Å². The molecule has 0 radical (unpaired) electrons. The Balaban J connectivity index is 0.00000312. The van der Waals surface area contributed by atoms with Gasteiger partial charge in [-0.25, -0.2) is 0 Å². The fourth-order valence-corrected chi connectivity index (χ4v) is 2.66. The van der Waals surface area contributed by atoms with Crippen LogP contribution < -0.4 is 28.7 Å². The van der Waals surface area contributed by atoms with E-state index in [9.17, 15) is 0 Å². The molecule has 0 aliphatic carbocycles. The van der Waals surface area contributed by atoms with Gasteiger partial charge in [-0.3, -0.25) is 0 Å². The van der Waals surface area contributed by atoms with Gasteiger partial charge >= 0.3 is 0 Å². The minimum Gasteiger partial charge on any atom is -1.00 e. The summed E-state index contributed by atoms with van der Waals surface area (Å²) in [4.78, 5) is 0. The van der Waals surface area contributed by atoms with Gasteiger partial charge in [-0.15, -0.1) is 0 Å². The summed E-state index contributed by atoms with van der Waals surface area (Å²) < 4.78 is 7.16. The number of para-hydroxylation sites is 1. The number of benzene rings is 2. The van der Waals surface area contributed by atoms with Gasteiger partial charge in [-0.05, 0) is 44.9 Å². The summed E-state index contributed by atoms with van der Waals surface area (Å²) in [5.74, 6) is 1.00. The summed E-state index contributed by atoms with van der Waals surface area (Å²) in [6.07, 6.45) is 0.906. The predicted molar refractivity (Wildman–Crippen MR) is 103 cm³/mol. The van der Waals surface area contributed by atoms with E-state index in [2.05, 4.69) is 96.4 Å². The lowest BCUT2D eigenvalue weighted by Crippen LogP contribution is -3.00. The summed E-state index contributed by atoms with van der Waals surface area (Å²) in [7, 11) is 4.56. The zero-order valence-electron chi connectivity index (χ0n) is 16.4. The lowest BCUT2D eigenvalue weighted by atomic mass is 10.0. The van der Waals surface area contributed by atoms with Crippen molar-refractivity contribution in [1.82, 2.24) is 0 Å². The van der Waals surface area contributed by atoms with Crippen molar-refractivity contribution in [3.8, 4) is 5.75 Å². The molecular formula is C22H32INO. The number of halogens is 1. The number of rotatable bonds is 6. The molecule has 0 amide bonds. The van der Waals surface area contributed by atoms with E-state index in [1.165, 1.54) is 11.1 Å².